The molecule has 0 aliphatic rings. The largest absolute Gasteiger partial charge is 0.348 e. The van der Waals surface area contributed by atoms with Crippen LogP contribution in [0.3, 0.4) is 0 Å². The SMILES string of the molecule is O=C(NCc1ccc(CNS(=O)(=O)c2ccc(Cl)cc2)cc1)c1ccc(F)cc1. The lowest BCUT2D eigenvalue weighted by molar-refractivity contribution is 0.0951. The average Bonchev–Trinajstić information content (AvgIpc) is 2.72. The van der Waals surface area contributed by atoms with Crippen LogP contribution in [0.25, 0.3) is 0 Å². The van der Waals surface area contributed by atoms with Crippen LogP contribution in [0.2, 0.25) is 5.02 Å². The minimum absolute atomic E-state index is 0.132. The first-order valence-corrected chi connectivity index (χ1v) is 10.6. The summed E-state index contributed by atoms with van der Waals surface area (Å²) in [6, 6.07) is 18.4. The second-order valence-electron chi connectivity index (χ2n) is 6.28. The molecular weight excluding hydrogens is 415 g/mol. The third-order valence-corrected chi connectivity index (χ3v) is 5.84. The number of carbonyl (C=O) groups is 1. The summed E-state index contributed by atoms with van der Waals surface area (Å²) in [6.45, 7) is 0.431. The molecule has 5 nitrogen and oxygen atoms in total. The van der Waals surface area contributed by atoms with Crippen LogP contribution in [0, 0.1) is 5.82 Å². The van der Waals surface area contributed by atoms with Crippen molar-refractivity contribution in [3.05, 3.63) is 100 Å². The van der Waals surface area contributed by atoms with Gasteiger partial charge >= 0.3 is 0 Å². The summed E-state index contributed by atoms with van der Waals surface area (Å²) in [5.74, 6) is -0.700. The number of hydrogen-bond donors (Lipinski definition) is 2. The van der Waals surface area contributed by atoms with Crippen molar-refractivity contribution >= 4 is 27.5 Å². The molecule has 0 unspecified atom stereocenters. The van der Waals surface area contributed by atoms with Gasteiger partial charge in [-0.1, -0.05) is 35.9 Å². The standard InChI is InChI=1S/C21H18ClFN2O3S/c22-18-7-11-20(12-8-18)29(27,28)25-14-16-3-1-15(2-4-16)13-24-21(26)17-5-9-19(23)10-6-17/h1-12,25H,13-14H2,(H,24,26). The van der Waals surface area contributed by atoms with Crippen molar-refractivity contribution in [2.24, 2.45) is 0 Å². The summed E-state index contributed by atoms with van der Waals surface area (Å²) in [5, 5.41) is 3.22. The maximum absolute atomic E-state index is 12.9. The summed E-state index contributed by atoms with van der Waals surface area (Å²) in [6.07, 6.45) is 0. The van der Waals surface area contributed by atoms with E-state index in [4.69, 9.17) is 11.6 Å². The summed E-state index contributed by atoms with van der Waals surface area (Å²) in [4.78, 5) is 12.2. The molecule has 0 aliphatic heterocycles. The lowest BCUT2D eigenvalue weighted by atomic mass is 10.1. The number of benzene rings is 3. The summed E-state index contributed by atoms with van der Waals surface area (Å²) < 4.78 is 40.0. The predicted molar refractivity (Wildman–Crippen MR) is 109 cm³/mol. The first-order chi connectivity index (χ1) is 13.8. The van der Waals surface area contributed by atoms with E-state index in [2.05, 4.69) is 10.0 Å². The molecule has 0 saturated carbocycles. The van der Waals surface area contributed by atoms with Crippen LogP contribution in [-0.4, -0.2) is 14.3 Å². The fourth-order valence-corrected chi connectivity index (χ4v) is 3.68. The van der Waals surface area contributed by atoms with E-state index in [1.807, 2.05) is 0 Å². The van der Waals surface area contributed by atoms with Gasteiger partial charge in [-0.25, -0.2) is 17.5 Å². The Morgan fingerprint density at radius 3 is 1.97 bits per heavy atom. The van der Waals surface area contributed by atoms with Crippen molar-refractivity contribution in [3.8, 4) is 0 Å². The van der Waals surface area contributed by atoms with Crippen LogP contribution >= 0.6 is 11.6 Å². The Labute approximate surface area is 173 Å². The van der Waals surface area contributed by atoms with E-state index >= 15 is 0 Å². The topological polar surface area (TPSA) is 75.3 Å². The van der Waals surface area contributed by atoms with Crippen LogP contribution in [0.15, 0.2) is 77.7 Å². The molecule has 150 valence electrons. The fourth-order valence-electron chi connectivity index (χ4n) is 2.54. The minimum Gasteiger partial charge on any atom is -0.348 e. The number of carbonyl (C=O) groups excluding carboxylic acids is 1. The number of amides is 1. The maximum Gasteiger partial charge on any atom is 0.251 e. The van der Waals surface area contributed by atoms with E-state index in [0.29, 0.717) is 17.1 Å². The van der Waals surface area contributed by atoms with E-state index < -0.39 is 15.8 Å². The second-order valence-corrected chi connectivity index (χ2v) is 8.49. The van der Waals surface area contributed by atoms with E-state index in [-0.39, 0.29) is 17.3 Å². The Bertz CT molecular complexity index is 1080. The highest BCUT2D eigenvalue weighted by Gasteiger charge is 2.13. The zero-order chi connectivity index (χ0) is 20.9. The molecule has 0 radical (unpaired) electrons. The smallest absolute Gasteiger partial charge is 0.251 e. The van der Waals surface area contributed by atoms with E-state index in [1.54, 1.807) is 24.3 Å². The zero-order valence-corrected chi connectivity index (χ0v) is 16.8. The predicted octanol–water partition coefficient (Wildman–Crippen LogP) is 3.89. The number of halogens is 2. The second kappa shape index (κ2) is 9.17. The highest BCUT2D eigenvalue weighted by molar-refractivity contribution is 7.89. The highest BCUT2D eigenvalue weighted by Crippen LogP contribution is 2.14. The molecule has 3 aromatic carbocycles. The van der Waals surface area contributed by atoms with Crippen LogP contribution in [0.4, 0.5) is 4.39 Å². The average molecular weight is 433 g/mol. The molecule has 0 spiro atoms. The van der Waals surface area contributed by atoms with E-state index in [1.165, 1.54) is 48.5 Å². The molecule has 0 atom stereocenters. The molecule has 1 amide bonds. The van der Waals surface area contributed by atoms with Crippen LogP contribution in [0.1, 0.15) is 21.5 Å². The van der Waals surface area contributed by atoms with Crippen LogP contribution < -0.4 is 10.0 Å². The van der Waals surface area contributed by atoms with Gasteiger partial charge in [-0.15, -0.1) is 0 Å². The number of nitrogens with one attached hydrogen (secondary N) is 2. The van der Waals surface area contributed by atoms with Crippen LogP contribution in [0.5, 0.6) is 0 Å². The fraction of sp³-hybridized carbons (Fsp3) is 0.0952. The minimum atomic E-state index is -3.63. The number of hydrogen-bond acceptors (Lipinski definition) is 3. The van der Waals surface area contributed by atoms with Crippen molar-refractivity contribution in [2.75, 3.05) is 0 Å². The normalized spacial score (nSPS) is 11.2. The van der Waals surface area contributed by atoms with Gasteiger partial charge in [-0.3, -0.25) is 4.79 Å². The molecule has 8 heteroatoms. The summed E-state index contributed by atoms with van der Waals surface area (Å²) in [7, 11) is -3.63. The molecule has 0 bridgehead atoms. The lowest BCUT2D eigenvalue weighted by Gasteiger charge is -2.09. The molecule has 0 aromatic heterocycles. The van der Waals surface area contributed by atoms with Gasteiger partial charge in [0.25, 0.3) is 5.91 Å². The number of rotatable bonds is 7. The van der Waals surface area contributed by atoms with E-state index in [0.717, 1.165) is 11.1 Å². The van der Waals surface area contributed by atoms with Gasteiger partial charge in [0.15, 0.2) is 0 Å². The first-order valence-electron chi connectivity index (χ1n) is 8.70. The first kappa shape index (κ1) is 21.0. The lowest BCUT2D eigenvalue weighted by Crippen LogP contribution is -2.23. The van der Waals surface area contributed by atoms with Crippen molar-refractivity contribution in [2.45, 2.75) is 18.0 Å². The molecule has 0 fully saturated rings. The zero-order valence-electron chi connectivity index (χ0n) is 15.2. The third-order valence-electron chi connectivity index (χ3n) is 4.17. The van der Waals surface area contributed by atoms with Gasteiger partial charge in [-0.2, -0.15) is 0 Å². The third kappa shape index (κ3) is 5.87. The summed E-state index contributed by atoms with van der Waals surface area (Å²) >= 11 is 5.78. The molecule has 0 heterocycles. The monoisotopic (exact) mass is 432 g/mol. The maximum atomic E-state index is 12.9. The molecule has 3 rings (SSSR count). The Balaban J connectivity index is 1.54. The quantitative estimate of drug-likeness (QED) is 0.594. The Morgan fingerprint density at radius 1 is 0.828 bits per heavy atom. The molecule has 3 aromatic rings. The van der Waals surface area contributed by atoms with Crippen LogP contribution in [-0.2, 0) is 23.1 Å². The van der Waals surface area contributed by atoms with Gasteiger partial charge in [0.05, 0.1) is 4.90 Å². The molecular formula is C21H18ClFN2O3S. The van der Waals surface area contributed by atoms with Gasteiger partial charge in [-0.05, 0) is 59.7 Å². The summed E-state index contributed by atoms with van der Waals surface area (Å²) in [5.41, 5.74) is 2.00. The van der Waals surface area contributed by atoms with Gasteiger partial charge in [0, 0.05) is 23.7 Å². The van der Waals surface area contributed by atoms with E-state index in [9.17, 15) is 17.6 Å². The molecule has 2 N–H and O–H groups in total. The Hall–Kier alpha value is -2.74. The molecule has 29 heavy (non-hydrogen) atoms. The van der Waals surface area contributed by atoms with Crippen molar-refractivity contribution in [1.29, 1.82) is 0 Å². The van der Waals surface area contributed by atoms with Crippen molar-refractivity contribution in [1.82, 2.24) is 10.0 Å². The molecule has 0 saturated heterocycles. The Kier molecular flexibility index (Phi) is 6.64. The Morgan fingerprint density at radius 2 is 1.38 bits per heavy atom. The van der Waals surface area contributed by atoms with Crippen molar-refractivity contribution in [3.63, 3.8) is 0 Å². The van der Waals surface area contributed by atoms with Gasteiger partial charge < -0.3 is 5.32 Å². The molecule has 0 aliphatic carbocycles. The van der Waals surface area contributed by atoms with Gasteiger partial charge in [0.1, 0.15) is 5.82 Å². The van der Waals surface area contributed by atoms with Crippen molar-refractivity contribution < 1.29 is 17.6 Å². The highest BCUT2D eigenvalue weighted by atomic mass is 35.5. The van der Waals surface area contributed by atoms with Gasteiger partial charge in [0.2, 0.25) is 10.0 Å². The number of sulfonamides is 1.